The molecule has 3 N–H and O–H groups in total. The molecule has 0 aliphatic carbocycles. The van der Waals surface area contributed by atoms with E-state index in [-0.39, 0.29) is 34.5 Å². The van der Waals surface area contributed by atoms with Crippen molar-refractivity contribution in [2.45, 2.75) is 38.9 Å². The van der Waals surface area contributed by atoms with Gasteiger partial charge in [-0.3, -0.25) is 4.79 Å². The van der Waals surface area contributed by atoms with Crippen LogP contribution in [0.25, 0.3) is 11.1 Å². The van der Waals surface area contributed by atoms with Crippen molar-refractivity contribution in [1.82, 2.24) is 20.2 Å². The molecule has 0 spiro atoms. The molecule has 10 heteroatoms. The predicted molar refractivity (Wildman–Crippen MR) is 125 cm³/mol. The lowest BCUT2D eigenvalue weighted by molar-refractivity contribution is -0.139. The number of rotatable bonds is 9. The number of hydrogen-bond acceptors (Lipinski definition) is 6. The highest BCUT2D eigenvalue weighted by atomic mass is 19.1. The van der Waals surface area contributed by atoms with E-state index < -0.39 is 36.2 Å². The molecule has 1 aromatic heterocycles. The Kier molecular flexibility index (Phi) is 8.21. The third kappa shape index (κ3) is 6.43. The van der Waals surface area contributed by atoms with Gasteiger partial charge in [0.15, 0.2) is 5.82 Å². The number of aryl methyl sites for hydroxylation is 3. The first-order valence-electron chi connectivity index (χ1n) is 10.8. The lowest BCUT2D eigenvalue weighted by atomic mass is 9.90. The van der Waals surface area contributed by atoms with E-state index in [1.54, 1.807) is 33.0 Å². The molecule has 0 amide bonds. The predicted octanol–water partition coefficient (Wildman–Crippen LogP) is 3.21. The maximum Gasteiger partial charge on any atom is 0.305 e. The molecule has 1 heterocycles. The van der Waals surface area contributed by atoms with Gasteiger partial charge in [-0.25, -0.2) is 13.5 Å². The van der Waals surface area contributed by atoms with Crippen LogP contribution in [0.15, 0.2) is 48.6 Å². The van der Waals surface area contributed by atoms with Gasteiger partial charge in [0.1, 0.15) is 11.6 Å². The van der Waals surface area contributed by atoms with Crippen molar-refractivity contribution < 1.29 is 28.9 Å². The molecule has 35 heavy (non-hydrogen) atoms. The molecule has 0 aliphatic rings. The van der Waals surface area contributed by atoms with Crippen LogP contribution in [-0.2, 0) is 11.8 Å². The Hall–Kier alpha value is -3.76. The molecular weight excluding hydrogens is 458 g/mol. The van der Waals surface area contributed by atoms with E-state index in [1.165, 1.54) is 41.1 Å². The average Bonchev–Trinajstić information content (AvgIpc) is 3.17. The monoisotopic (exact) mass is 484 g/mol. The van der Waals surface area contributed by atoms with Gasteiger partial charge in [-0.15, -0.1) is 5.10 Å². The number of tetrazole rings is 1. The van der Waals surface area contributed by atoms with E-state index in [9.17, 15) is 15.0 Å². The maximum absolute atomic E-state index is 15.2. The minimum absolute atomic E-state index is 0.0985. The Morgan fingerprint density at radius 1 is 1.06 bits per heavy atom. The zero-order valence-electron chi connectivity index (χ0n) is 19.5. The molecule has 3 rings (SSSR count). The van der Waals surface area contributed by atoms with Gasteiger partial charge < -0.3 is 15.3 Å². The minimum atomic E-state index is -1.28. The van der Waals surface area contributed by atoms with Crippen LogP contribution in [0.1, 0.15) is 40.9 Å². The standard InChI is InChI=1S/C25H26F2N4O4/c1-14-4-7-18(21(26)10-14)24(19-8-5-15(2)11-22(19)27)20(25-28-29-30-31(25)3)9-6-16(32)12-17(33)13-23(34)35/h4-11,16-17,32-33H,12-13H2,1-3H3,(H,34,35)/b9-6+/t16-,17-/m1/s1. The molecule has 0 bridgehead atoms. The number of aromatic nitrogens is 4. The van der Waals surface area contributed by atoms with E-state index in [4.69, 9.17) is 5.11 Å². The fourth-order valence-corrected chi connectivity index (χ4v) is 3.66. The summed E-state index contributed by atoms with van der Waals surface area (Å²) in [6, 6.07) is 9.10. The van der Waals surface area contributed by atoms with Crippen LogP contribution < -0.4 is 0 Å². The second-order valence-electron chi connectivity index (χ2n) is 8.30. The minimum Gasteiger partial charge on any atom is -0.481 e. The van der Waals surface area contributed by atoms with Crippen molar-refractivity contribution >= 4 is 17.1 Å². The van der Waals surface area contributed by atoms with Gasteiger partial charge in [-0.2, -0.15) is 0 Å². The van der Waals surface area contributed by atoms with Crippen LogP contribution in [-0.4, -0.2) is 53.7 Å². The number of carboxylic acid groups (broad SMARTS) is 1. The van der Waals surface area contributed by atoms with Gasteiger partial charge in [0.2, 0.25) is 0 Å². The van der Waals surface area contributed by atoms with Crippen molar-refractivity contribution in [2.24, 2.45) is 7.05 Å². The maximum atomic E-state index is 15.2. The van der Waals surface area contributed by atoms with Crippen LogP contribution >= 0.6 is 0 Å². The zero-order valence-corrected chi connectivity index (χ0v) is 19.5. The Labute approximate surface area is 200 Å². The molecule has 3 aromatic rings. The van der Waals surface area contributed by atoms with Crippen molar-refractivity contribution in [2.75, 3.05) is 0 Å². The lowest BCUT2D eigenvalue weighted by Crippen LogP contribution is -2.19. The van der Waals surface area contributed by atoms with E-state index in [1.807, 2.05) is 0 Å². The summed E-state index contributed by atoms with van der Waals surface area (Å²) in [7, 11) is 1.56. The summed E-state index contributed by atoms with van der Waals surface area (Å²) in [6.45, 7) is 3.46. The van der Waals surface area contributed by atoms with E-state index in [0.29, 0.717) is 11.1 Å². The van der Waals surface area contributed by atoms with Crippen LogP contribution in [0, 0.1) is 25.5 Å². The summed E-state index contributed by atoms with van der Waals surface area (Å²) in [5.74, 6) is -2.20. The zero-order chi connectivity index (χ0) is 25.7. The molecule has 2 atom stereocenters. The van der Waals surface area contributed by atoms with Gasteiger partial charge in [0, 0.05) is 35.7 Å². The van der Waals surface area contributed by atoms with Gasteiger partial charge in [0.25, 0.3) is 0 Å². The quantitative estimate of drug-likeness (QED) is 0.399. The Bertz CT molecular complexity index is 1230. The number of carbonyl (C=O) groups is 1. The summed E-state index contributed by atoms with van der Waals surface area (Å²) in [4.78, 5) is 10.8. The van der Waals surface area contributed by atoms with Gasteiger partial charge in [-0.05, 0) is 47.5 Å². The molecule has 0 aliphatic heterocycles. The van der Waals surface area contributed by atoms with Crippen molar-refractivity contribution in [3.8, 4) is 0 Å². The number of carboxylic acids is 1. The first-order valence-corrected chi connectivity index (χ1v) is 10.8. The van der Waals surface area contributed by atoms with Gasteiger partial charge >= 0.3 is 5.97 Å². The molecular formula is C25H26F2N4O4. The summed E-state index contributed by atoms with van der Waals surface area (Å²) >= 11 is 0. The second kappa shape index (κ2) is 11.1. The lowest BCUT2D eigenvalue weighted by Gasteiger charge is -2.16. The normalized spacial score (nSPS) is 13.1. The molecule has 8 nitrogen and oxygen atoms in total. The first-order chi connectivity index (χ1) is 16.6. The summed E-state index contributed by atoms with van der Waals surface area (Å²) in [6.07, 6.45) is -0.590. The second-order valence-corrected chi connectivity index (χ2v) is 8.30. The fraction of sp³-hybridized carbons (Fsp3) is 0.280. The number of halogens is 2. The van der Waals surface area contributed by atoms with E-state index >= 15 is 8.78 Å². The highest BCUT2D eigenvalue weighted by molar-refractivity contribution is 6.01. The van der Waals surface area contributed by atoms with Crippen LogP contribution in [0.3, 0.4) is 0 Å². The molecule has 0 saturated heterocycles. The number of aliphatic hydroxyl groups is 2. The number of benzene rings is 2. The van der Waals surface area contributed by atoms with Crippen LogP contribution in [0.4, 0.5) is 8.78 Å². The average molecular weight is 485 g/mol. The van der Waals surface area contributed by atoms with E-state index in [2.05, 4.69) is 15.5 Å². The summed E-state index contributed by atoms with van der Waals surface area (Å²) < 4.78 is 31.8. The number of aliphatic carboxylic acids is 1. The van der Waals surface area contributed by atoms with E-state index in [0.717, 1.165) is 0 Å². The summed E-state index contributed by atoms with van der Waals surface area (Å²) in [5.41, 5.74) is 1.93. The van der Waals surface area contributed by atoms with Gasteiger partial charge in [0.05, 0.1) is 18.6 Å². The number of allylic oxidation sites excluding steroid dienone is 2. The number of aliphatic hydroxyl groups excluding tert-OH is 2. The molecule has 0 radical (unpaired) electrons. The van der Waals surface area contributed by atoms with Crippen molar-refractivity contribution in [3.63, 3.8) is 0 Å². The SMILES string of the molecule is Cc1ccc(C(=C(/C=C/[C@@H](O)C[C@@H](O)CC(=O)O)c2nnnn2C)c2ccc(C)cc2F)c(F)c1. The van der Waals surface area contributed by atoms with Gasteiger partial charge in [-0.1, -0.05) is 36.4 Å². The number of nitrogens with zero attached hydrogens (tertiary/aromatic N) is 4. The molecule has 184 valence electrons. The molecule has 0 unspecified atom stereocenters. The third-order valence-corrected chi connectivity index (χ3v) is 5.33. The highest BCUT2D eigenvalue weighted by Crippen LogP contribution is 2.35. The van der Waals surface area contributed by atoms with Crippen LogP contribution in [0.2, 0.25) is 0 Å². The fourth-order valence-electron chi connectivity index (χ4n) is 3.66. The molecule has 0 fully saturated rings. The Balaban J connectivity index is 2.24. The number of hydrogen-bond donors (Lipinski definition) is 3. The molecule has 2 aromatic carbocycles. The highest BCUT2D eigenvalue weighted by Gasteiger charge is 2.22. The molecule has 0 saturated carbocycles. The Morgan fingerprint density at radius 3 is 2.09 bits per heavy atom. The smallest absolute Gasteiger partial charge is 0.305 e. The van der Waals surface area contributed by atoms with Crippen LogP contribution in [0.5, 0.6) is 0 Å². The van der Waals surface area contributed by atoms with Crippen molar-refractivity contribution in [3.05, 3.63) is 88.3 Å². The first kappa shape index (κ1) is 25.9. The Morgan fingerprint density at radius 2 is 1.63 bits per heavy atom. The third-order valence-electron chi connectivity index (χ3n) is 5.33. The largest absolute Gasteiger partial charge is 0.481 e. The topological polar surface area (TPSA) is 121 Å². The summed E-state index contributed by atoms with van der Waals surface area (Å²) in [5, 5.41) is 40.5. The van der Waals surface area contributed by atoms with Crippen molar-refractivity contribution in [1.29, 1.82) is 0 Å².